The van der Waals surface area contributed by atoms with E-state index in [1.54, 1.807) is 27.1 Å². The molecule has 0 saturated carbocycles. The van der Waals surface area contributed by atoms with Gasteiger partial charge in [0.25, 0.3) is 0 Å². The van der Waals surface area contributed by atoms with Crippen molar-refractivity contribution < 1.29 is 14.0 Å². The number of aryl methyl sites for hydroxylation is 2. The fourth-order valence-corrected chi connectivity index (χ4v) is 6.33. The Kier molecular flexibility index (Phi) is 5.41. The first-order valence-corrected chi connectivity index (χ1v) is 13.2. The van der Waals surface area contributed by atoms with Gasteiger partial charge in [0.1, 0.15) is 0 Å². The van der Waals surface area contributed by atoms with Crippen molar-refractivity contribution >= 4 is 33.5 Å². The normalized spacial score (nSPS) is 17.4. The van der Waals surface area contributed by atoms with Crippen LogP contribution < -0.4 is 0 Å². The Morgan fingerprint density at radius 1 is 1.16 bits per heavy atom. The molecule has 2 aromatic carbocycles. The standard InChI is InChI=1S/C30H32ClN5O2/c1-18-27(35(4)34-33-18)21-16-24-26(32-17-21)22-10-11-23(30(2,3)37)25(31)29(22)36(24)28(19-8-6-5-7-9-19)20-12-14-38-15-13-20/h5-11,16-17,20,28,37H,12-15H2,1-4H3/t28-/m1/s1/i1D3. The van der Waals surface area contributed by atoms with Crippen LogP contribution in [0.5, 0.6) is 0 Å². The zero-order chi connectivity index (χ0) is 29.1. The van der Waals surface area contributed by atoms with Gasteiger partial charge in [-0.2, -0.15) is 0 Å². The first-order chi connectivity index (χ1) is 19.5. The van der Waals surface area contributed by atoms with Gasteiger partial charge < -0.3 is 14.4 Å². The highest BCUT2D eigenvalue weighted by Crippen LogP contribution is 2.45. The quantitative estimate of drug-likeness (QED) is 0.292. The van der Waals surface area contributed by atoms with Gasteiger partial charge in [0.15, 0.2) is 0 Å². The van der Waals surface area contributed by atoms with E-state index in [-0.39, 0.29) is 17.7 Å². The van der Waals surface area contributed by atoms with E-state index in [0.29, 0.717) is 35.1 Å². The van der Waals surface area contributed by atoms with Crippen molar-refractivity contribution in [2.24, 2.45) is 13.0 Å². The number of hydrogen-bond donors (Lipinski definition) is 1. The van der Waals surface area contributed by atoms with E-state index in [1.165, 1.54) is 4.68 Å². The molecule has 196 valence electrons. The second-order valence-electron chi connectivity index (χ2n) is 10.6. The second-order valence-corrected chi connectivity index (χ2v) is 10.9. The van der Waals surface area contributed by atoms with Crippen molar-refractivity contribution in [3.05, 3.63) is 76.6 Å². The monoisotopic (exact) mass is 532 g/mol. The van der Waals surface area contributed by atoms with Crippen molar-refractivity contribution in [2.45, 2.75) is 45.2 Å². The van der Waals surface area contributed by atoms with Crippen LogP contribution in [-0.4, -0.2) is 42.9 Å². The van der Waals surface area contributed by atoms with Crippen LogP contribution in [0.3, 0.4) is 0 Å². The predicted molar refractivity (Wildman–Crippen MR) is 150 cm³/mol. The van der Waals surface area contributed by atoms with Crippen LogP contribution in [0.2, 0.25) is 5.02 Å². The number of aliphatic hydroxyl groups is 1. The Labute approximate surface area is 231 Å². The summed E-state index contributed by atoms with van der Waals surface area (Å²) in [5.74, 6) is 0.242. The van der Waals surface area contributed by atoms with Crippen molar-refractivity contribution in [1.82, 2.24) is 24.5 Å². The maximum atomic E-state index is 11.0. The van der Waals surface area contributed by atoms with Crippen LogP contribution in [0.4, 0.5) is 0 Å². The Morgan fingerprint density at radius 2 is 1.92 bits per heavy atom. The summed E-state index contributed by atoms with van der Waals surface area (Å²) in [6.07, 6.45) is 3.40. The summed E-state index contributed by atoms with van der Waals surface area (Å²) in [5.41, 5.74) is 3.83. The Hall–Kier alpha value is -3.26. The zero-order valence-electron chi connectivity index (χ0n) is 24.6. The maximum Gasteiger partial charge on any atom is 0.0960 e. The molecule has 0 spiro atoms. The molecule has 3 aromatic heterocycles. The average molecular weight is 533 g/mol. The van der Waals surface area contributed by atoms with E-state index in [0.717, 1.165) is 40.3 Å². The van der Waals surface area contributed by atoms with Crippen LogP contribution in [0, 0.1) is 12.8 Å². The molecule has 1 aliphatic heterocycles. The topological polar surface area (TPSA) is 78.0 Å². The van der Waals surface area contributed by atoms with Gasteiger partial charge in [-0.15, -0.1) is 5.10 Å². The molecule has 6 rings (SSSR count). The summed E-state index contributed by atoms with van der Waals surface area (Å²) in [6, 6.07) is 16.0. The highest BCUT2D eigenvalue weighted by molar-refractivity contribution is 6.37. The van der Waals surface area contributed by atoms with Crippen LogP contribution in [0.15, 0.2) is 54.7 Å². The molecule has 8 heteroatoms. The minimum absolute atomic E-state index is 0.0739. The lowest BCUT2D eigenvalue weighted by Crippen LogP contribution is -2.27. The molecule has 4 heterocycles. The third kappa shape index (κ3) is 4.10. The Bertz CT molecular complexity index is 1740. The van der Waals surface area contributed by atoms with E-state index in [9.17, 15) is 5.11 Å². The number of benzene rings is 2. The Balaban J connectivity index is 1.72. The summed E-state index contributed by atoms with van der Waals surface area (Å²) in [4.78, 5) is 4.89. The lowest BCUT2D eigenvalue weighted by molar-refractivity contribution is 0.0552. The number of hydrogen-bond acceptors (Lipinski definition) is 5. The third-order valence-electron chi connectivity index (χ3n) is 7.63. The lowest BCUT2D eigenvalue weighted by Gasteiger charge is -2.33. The minimum atomic E-state index is -2.44. The van der Waals surface area contributed by atoms with Crippen LogP contribution in [0.25, 0.3) is 33.2 Å². The first-order valence-electron chi connectivity index (χ1n) is 14.3. The van der Waals surface area contributed by atoms with Crippen LogP contribution >= 0.6 is 11.6 Å². The molecular weight excluding hydrogens is 498 g/mol. The van der Waals surface area contributed by atoms with E-state index >= 15 is 0 Å². The number of fused-ring (bicyclic) bond motifs is 3. The van der Waals surface area contributed by atoms with Gasteiger partial charge in [-0.1, -0.05) is 59.3 Å². The van der Waals surface area contributed by atoms with Gasteiger partial charge in [0, 0.05) is 47.1 Å². The number of rotatable bonds is 5. The molecule has 0 radical (unpaired) electrons. The van der Waals surface area contributed by atoms with E-state index < -0.39 is 12.5 Å². The molecule has 5 aromatic rings. The molecule has 0 aliphatic carbocycles. The van der Waals surface area contributed by atoms with Crippen LogP contribution in [0.1, 0.15) is 53.7 Å². The molecular formula is C30H32ClN5O2. The molecule has 1 fully saturated rings. The fraction of sp³-hybridized carbons (Fsp3) is 0.367. The highest BCUT2D eigenvalue weighted by atomic mass is 35.5. The lowest BCUT2D eigenvalue weighted by atomic mass is 9.86. The molecule has 1 aliphatic rings. The number of aromatic nitrogens is 5. The van der Waals surface area contributed by atoms with E-state index in [2.05, 4.69) is 27.0 Å². The number of ether oxygens (including phenoxy) is 1. The zero-order valence-corrected chi connectivity index (χ0v) is 22.4. The number of nitrogens with zero attached hydrogens (tertiary/aromatic N) is 5. The minimum Gasteiger partial charge on any atom is -0.386 e. The van der Waals surface area contributed by atoms with Gasteiger partial charge in [0.05, 0.1) is 44.6 Å². The van der Waals surface area contributed by atoms with Crippen molar-refractivity contribution in [3.63, 3.8) is 0 Å². The maximum absolute atomic E-state index is 11.0. The molecule has 7 nitrogen and oxygen atoms in total. The molecule has 1 saturated heterocycles. The SMILES string of the molecule is [2H]C([2H])([2H])c1nnn(C)c1-c1cnc2c3ccc(C(C)(C)O)c(Cl)c3n([C@H](c3ccccc3)C3CCOCC3)c2c1. The van der Waals surface area contributed by atoms with Crippen molar-refractivity contribution in [2.75, 3.05) is 13.2 Å². The fourth-order valence-electron chi connectivity index (χ4n) is 5.84. The van der Waals surface area contributed by atoms with Gasteiger partial charge in [-0.25, -0.2) is 4.68 Å². The van der Waals surface area contributed by atoms with Crippen molar-refractivity contribution in [3.8, 4) is 11.3 Å². The van der Waals surface area contributed by atoms with Gasteiger partial charge in [-0.05, 0) is 51.1 Å². The molecule has 0 amide bonds. The third-order valence-corrected chi connectivity index (χ3v) is 8.01. The number of halogens is 1. The summed E-state index contributed by atoms with van der Waals surface area (Å²) < 4.78 is 33.6. The van der Waals surface area contributed by atoms with E-state index in [4.69, 9.17) is 25.4 Å². The number of pyridine rings is 1. The van der Waals surface area contributed by atoms with Crippen LogP contribution in [-0.2, 0) is 17.4 Å². The smallest absolute Gasteiger partial charge is 0.0960 e. The summed E-state index contributed by atoms with van der Waals surface area (Å²) >= 11 is 7.19. The molecule has 1 N–H and O–H groups in total. The first kappa shape index (κ1) is 21.6. The van der Waals surface area contributed by atoms with Gasteiger partial charge >= 0.3 is 0 Å². The van der Waals surface area contributed by atoms with Crippen molar-refractivity contribution in [1.29, 1.82) is 0 Å². The average Bonchev–Trinajstić information content (AvgIpc) is 3.48. The predicted octanol–water partition coefficient (Wildman–Crippen LogP) is 6.19. The molecule has 1 atom stereocenters. The Morgan fingerprint density at radius 3 is 2.63 bits per heavy atom. The molecule has 0 unspecified atom stereocenters. The molecule has 38 heavy (non-hydrogen) atoms. The van der Waals surface area contributed by atoms with Gasteiger partial charge in [-0.3, -0.25) is 4.98 Å². The second kappa shape index (κ2) is 9.49. The summed E-state index contributed by atoms with van der Waals surface area (Å²) in [6.45, 7) is 2.34. The van der Waals surface area contributed by atoms with Gasteiger partial charge in [0.2, 0.25) is 0 Å². The molecule has 0 bridgehead atoms. The summed E-state index contributed by atoms with van der Waals surface area (Å²) in [5, 5.41) is 20.3. The largest absolute Gasteiger partial charge is 0.386 e. The van der Waals surface area contributed by atoms with E-state index in [1.807, 2.05) is 36.4 Å². The summed E-state index contributed by atoms with van der Waals surface area (Å²) in [7, 11) is 1.68. The highest BCUT2D eigenvalue weighted by Gasteiger charge is 2.32.